The fraction of sp³-hybridized carbons (Fsp3) is 0.875. The Balaban J connectivity index is 0.000000845. The topological polar surface area (TPSA) is 50.5 Å². The molecule has 0 aromatic rings. The van der Waals surface area contributed by atoms with Gasteiger partial charge in [0.15, 0.2) is 0 Å². The standard InChI is InChI=1S/C8H15N4.Na/c1-8(4-2-3-5-8)6-7-9-11-12-10-7;/h11-12H,2-6H2,1H3;/q-1;+1. The second kappa shape index (κ2) is 4.64. The van der Waals surface area contributed by atoms with Crippen LogP contribution < -0.4 is 40.6 Å². The van der Waals surface area contributed by atoms with E-state index in [1.807, 2.05) is 0 Å². The number of amidine groups is 1. The van der Waals surface area contributed by atoms with E-state index in [-0.39, 0.29) is 29.6 Å². The zero-order chi connectivity index (χ0) is 8.44. The van der Waals surface area contributed by atoms with E-state index in [1.165, 1.54) is 25.7 Å². The van der Waals surface area contributed by atoms with Crippen molar-refractivity contribution in [2.75, 3.05) is 0 Å². The summed E-state index contributed by atoms with van der Waals surface area (Å²) >= 11 is 0. The van der Waals surface area contributed by atoms with Crippen LogP contribution in [0.5, 0.6) is 0 Å². The van der Waals surface area contributed by atoms with Crippen molar-refractivity contribution in [1.82, 2.24) is 11.1 Å². The smallest absolute Gasteiger partial charge is 0.386 e. The third-order valence-corrected chi connectivity index (χ3v) is 2.82. The minimum absolute atomic E-state index is 0. The summed E-state index contributed by atoms with van der Waals surface area (Å²) in [6.07, 6.45) is 6.38. The molecule has 0 saturated heterocycles. The summed E-state index contributed by atoms with van der Waals surface area (Å²) in [5, 5.41) is 4.03. The molecule has 0 aromatic heterocycles. The fourth-order valence-electron chi connectivity index (χ4n) is 2.07. The molecule has 1 fully saturated rings. The predicted octanol–water partition coefficient (Wildman–Crippen LogP) is -1.33. The summed E-state index contributed by atoms with van der Waals surface area (Å²) in [5.74, 6) is 0.916. The Bertz CT molecular complexity index is 198. The van der Waals surface area contributed by atoms with Crippen LogP contribution in [0.4, 0.5) is 0 Å². The van der Waals surface area contributed by atoms with Crippen LogP contribution in [0.15, 0.2) is 5.10 Å². The van der Waals surface area contributed by atoms with Crippen LogP contribution in [0.1, 0.15) is 39.0 Å². The first-order chi connectivity index (χ1) is 5.79. The van der Waals surface area contributed by atoms with E-state index in [0.717, 1.165) is 12.3 Å². The Hall–Kier alpha value is 0.230. The molecule has 1 heterocycles. The van der Waals surface area contributed by atoms with Gasteiger partial charge in [-0.15, -0.1) is 0 Å². The van der Waals surface area contributed by atoms with Crippen LogP contribution in [-0.2, 0) is 0 Å². The molecule has 0 spiro atoms. The molecular weight excluding hydrogens is 175 g/mol. The zero-order valence-corrected chi connectivity index (χ0v) is 10.4. The summed E-state index contributed by atoms with van der Waals surface area (Å²) in [5.41, 5.74) is 9.76. The minimum Gasteiger partial charge on any atom is -0.386 e. The third-order valence-electron chi connectivity index (χ3n) is 2.82. The molecular formula is C8H15N4Na. The van der Waals surface area contributed by atoms with Crippen molar-refractivity contribution in [1.29, 1.82) is 0 Å². The number of nitrogens with one attached hydrogen (secondary N) is 2. The first-order valence-corrected chi connectivity index (χ1v) is 4.56. The maximum absolute atomic E-state index is 4.03. The zero-order valence-electron chi connectivity index (χ0n) is 8.43. The molecule has 0 unspecified atom stereocenters. The molecule has 1 saturated carbocycles. The molecule has 5 heteroatoms. The monoisotopic (exact) mass is 190 g/mol. The molecule has 0 atom stereocenters. The molecule has 2 aliphatic rings. The van der Waals surface area contributed by atoms with Crippen molar-refractivity contribution in [2.45, 2.75) is 39.0 Å². The van der Waals surface area contributed by atoms with Crippen molar-refractivity contribution in [2.24, 2.45) is 10.5 Å². The van der Waals surface area contributed by atoms with Gasteiger partial charge >= 0.3 is 29.6 Å². The number of hydrogen-bond acceptors (Lipinski definition) is 3. The largest absolute Gasteiger partial charge is 1.00 e. The van der Waals surface area contributed by atoms with Crippen molar-refractivity contribution in [3.63, 3.8) is 0 Å². The summed E-state index contributed by atoms with van der Waals surface area (Å²) < 4.78 is 0. The van der Waals surface area contributed by atoms with Crippen molar-refractivity contribution in [3.8, 4) is 0 Å². The van der Waals surface area contributed by atoms with E-state index in [4.69, 9.17) is 0 Å². The fourth-order valence-corrected chi connectivity index (χ4v) is 2.07. The van der Waals surface area contributed by atoms with Crippen molar-refractivity contribution in [3.05, 3.63) is 5.43 Å². The van der Waals surface area contributed by atoms with Crippen LogP contribution in [0.2, 0.25) is 0 Å². The Morgan fingerprint density at radius 3 is 2.69 bits per heavy atom. The molecule has 0 radical (unpaired) electrons. The van der Waals surface area contributed by atoms with Crippen LogP contribution >= 0.6 is 0 Å². The van der Waals surface area contributed by atoms with Crippen molar-refractivity contribution < 1.29 is 29.6 Å². The predicted molar refractivity (Wildman–Crippen MR) is 48.3 cm³/mol. The Labute approximate surface area is 101 Å². The molecule has 13 heavy (non-hydrogen) atoms. The Morgan fingerprint density at radius 1 is 1.46 bits per heavy atom. The van der Waals surface area contributed by atoms with Gasteiger partial charge in [0, 0.05) is 0 Å². The van der Waals surface area contributed by atoms with Gasteiger partial charge in [0.25, 0.3) is 0 Å². The molecule has 0 bridgehead atoms. The molecule has 0 amide bonds. The number of hydrogen-bond donors (Lipinski definition) is 2. The van der Waals surface area contributed by atoms with Gasteiger partial charge in [-0.05, 0) is 24.7 Å². The van der Waals surface area contributed by atoms with Crippen LogP contribution in [0, 0.1) is 5.41 Å². The SMILES string of the molecule is CC1(CC2=NNN[N-]2)CCCC1.[Na+]. The average molecular weight is 190 g/mol. The Kier molecular flexibility index (Phi) is 4.04. The minimum atomic E-state index is 0. The van der Waals surface area contributed by atoms with Gasteiger partial charge in [0.05, 0.1) is 0 Å². The molecule has 68 valence electrons. The number of hydrazone groups is 1. The molecule has 1 aliphatic heterocycles. The van der Waals surface area contributed by atoms with Crippen molar-refractivity contribution >= 4 is 5.84 Å². The molecule has 2 N–H and O–H groups in total. The molecule has 1 aliphatic carbocycles. The number of hydrazine groups is 1. The average Bonchev–Trinajstić information content (AvgIpc) is 2.62. The molecule has 2 rings (SSSR count). The van der Waals surface area contributed by atoms with Gasteiger partial charge in [0.2, 0.25) is 0 Å². The van der Waals surface area contributed by atoms with E-state index in [9.17, 15) is 0 Å². The summed E-state index contributed by atoms with van der Waals surface area (Å²) in [7, 11) is 0. The van der Waals surface area contributed by atoms with E-state index >= 15 is 0 Å². The van der Waals surface area contributed by atoms with E-state index in [0.29, 0.717) is 5.41 Å². The van der Waals surface area contributed by atoms with Gasteiger partial charge < -0.3 is 16.1 Å². The third kappa shape index (κ3) is 2.84. The van der Waals surface area contributed by atoms with Gasteiger partial charge in [-0.3, -0.25) is 0 Å². The first-order valence-electron chi connectivity index (χ1n) is 4.56. The number of rotatable bonds is 2. The van der Waals surface area contributed by atoms with E-state index in [2.05, 4.69) is 28.5 Å². The van der Waals surface area contributed by atoms with Gasteiger partial charge in [-0.25, -0.2) is 5.53 Å². The van der Waals surface area contributed by atoms with Gasteiger partial charge in [0.1, 0.15) is 0 Å². The maximum Gasteiger partial charge on any atom is 1.00 e. The number of nitrogens with zero attached hydrogens (tertiary/aromatic N) is 2. The Morgan fingerprint density at radius 2 is 2.15 bits per heavy atom. The van der Waals surface area contributed by atoms with Gasteiger partial charge in [-0.1, -0.05) is 25.6 Å². The maximum atomic E-state index is 4.03. The normalized spacial score (nSPS) is 24.2. The van der Waals surface area contributed by atoms with E-state index in [1.54, 1.807) is 0 Å². The summed E-state index contributed by atoms with van der Waals surface area (Å²) in [6.45, 7) is 2.33. The van der Waals surface area contributed by atoms with E-state index < -0.39 is 0 Å². The second-order valence-corrected chi connectivity index (χ2v) is 4.06. The first kappa shape index (κ1) is 11.3. The summed E-state index contributed by atoms with van der Waals surface area (Å²) in [4.78, 5) is 0. The molecule has 4 nitrogen and oxygen atoms in total. The van der Waals surface area contributed by atoms with Crippen LogP contribution in [0.3, 0.4) is 0 Å². The quantitative estimate of drug-likeness (QED) is 0.530. The van der Waals surface area contributed by atoms with Gasteiger partial charge in [-0.2, -0.15) is 0 Å². The second-order valence-electron chi connectivity index (χ2n) is 4.06. The van der Waals surface area contributed by atoms with Crippen LogP contribution in [0.25, 0.3) is 5.43 Å². The summed E-state index contributed by atoms with van der Waals surface area (Å²) in [6, 6.07) is 0. The molecule has 0 aromatic carbocycles. The van der Waals surface area contributed by atoms with Crippen LogP contribution in [-0.4, -0.2) is 5.84 Å².